The molecule has 1 aromatic heterocycles. The van der Waals surface area contributed by atoms with E-state index in [1.807, 2.05) is 7.05 Å². The van der Waals surface area contributed by atoms with Crippen LogP contribution in [0.4, 0.5) is 11.8 Å². The Morgan fingerprint density at radius 3 is 2.70 bits per heavy atom. The molecule has 2 aliphatic rings. The Labute approximate surface area is 119 Å². The van der Waals surface area contributed by atoms with Crippen molar-refractivity contribution in [1.29, 1.82) is 0 Å². The number of aromatic nitrogens is 2. The fourth-order valence-corrected chi connectivity index (χ4v) is 3.32. The van der Waals surface area contributed by atoms with Gasteiger partial charge in [-0.1, -0.05) is 12.8 Å². The molecule has 0 amide bonds. The zero-order valence-electron chi connectivity index (χ0n) is 11.9. The molecule has 1 saturated heterocycles. The predicted molar refractivity (Wildman–Crippen MR) is 78.7 cm³/mol. The summed E-state index contributed by atoms with van der Waals surface area (Å²) in [6.07, 6.45) is 4.56. The summed E-state index contributed by atoms with van der Waals surface area (Å²) >= 11 is 0. The molecule has 1 aromatic rings. The maximum absolute atomic E-state index is 9.99. The van der Waals surface area contributed by atoms with E-state index in [1.165, 1.54) is 25.7 Å². The number of nitrogens with two attached hydrogens (primary N) is 1. The van der Waals surface area contributed by atoms with Gasteiger partial charge in [0.1, 0.15) is 5.82 Å². The molecule has 0 bridgehead atoms. The van der Waals surface area contributed by atoms with Gasteiger partial charge in [-0.3, -0.25) is 0 Å². The minimum absolute atomic E-state index is 0.0844. The number of nitrogens with one attached hydrogen (secondary N) is 1. The number of β-amino-alcohol motifs (C(OH)–C–C–N with tert-alkyl or cyclic N) is 1. The van der Waals surface area contributed by atoms with Crippen molar-refractivity contribution in [3.05, 3.63) is 11.8 Å². The summed E-state index contributed by atoms with van der Waals surface area (Å²) in [4.78, 5) is 10.8. The first-order valence-electron chi connectivity index (χ1n) is 7.42. The van der Waals surface area contributed by atoms with Crippen LogP contribution < -0.4 is 16.0 Å². The number of aliphatic hydroxyl groups is 1. The highest BCUT2D eigenvalue weighted by Gasteiger charge is 2.31. The highest BCUT2D eigenvalue weighted by molar-refractivity contribution is 5.46. The van der Waals surface area contributed by atoms with Gasteiger partial charge in [0, 0.05) is 25.1 Å². The Morgan fingerprint density at radius 1 is 1.30 bits per heavy atom. The van der Waals surface area contributed by atoms with Crippen LogP contribution in [0.3, 0.4) is 0 Å². The standard InChI is InChI=1S/C14H23N5O/c1-16-11-7-19(8-12(11)20)13-6-10(17-14(15)18-13)9-4-2-3-5-9/h6,9,11-12,16,20H,2-5,7-8H2,1H3,(H2,15,17,18)/t11-,12-/m1/s1. The Bertz CT molecular complexity index is 475. The summed E-state index contributed by atoms with van der Waals surface area (Å²) in [6.45, 7) is 1.34. The molecule has 6 nitrogen and oxygen atoms in total. The molecule has 0 aromatic carbocycles. The number of hydrogen-bond acceptors (Lipinski definition) is 6. The maximum atomic E-state index is 9.99. The fraction of sp³-hybridized carbons (Fsp3) is 0.714. The van der Waals surface area contributed by atoms with E-state index < -0.39 is 0 Å². The van der Waals surface area contributed by atoms with E-state index in [1.54, 1.807) is 0 Å². The van der Waals surface area contributed by atoms with Crippen LogP contribution in [0.5, 0.6) is 0 Å². The van der Waals surface area contributed by atoms with Gasteiger partial charge in [-0.2, -0.15) is 4.98 Å². The minimum atomic E-state index is -0.369. The third kappa shape index (κ3) is 2.58. The van der Waals surface area contributed by atoms with Crippen molar-refractivity contribution >= 4 is 11.8 Å². The third-order valence-electron chi connectivity index (χ3n) is 4.51. The topological polar surface area (TPSA) is 87.3 Å². The second-order valence-corrected chi connectivity index (χ2v) is 5.86. The van der Waals surface area contributed by atoms with Gasteiger partial charge in [0.2, 0.25) is 5.95 Å². The summed E-state index contributed by atoms with van der Waals surface area (Å²) in [7, 11) is 1.87. The second-order valence-electron chi connectivity index (χ2n) is 5.86. The van der Waals surface area contributed by atoms with Crippen LogP contribution in [-0.2, 0) is 0 Å². The van der Waals surface area contributed by atoms with E-state index in [9.17, 15) is 5.11 Å². The van der Waals surface area contributed by atoms with E-state index >= 15 is 0 Å². The maximum Gasteiger partial charge on any atom is 0.222 e. The van der Waals surface area contributed by atoms with Crippen molar-refractivity contribution in [2.75, 3.05) is 30.8 Å². The van der Waals surface area contributed by atoms with Crippen molar-refractivity contribution < 1.29 is 5.11 Å². The lowest BCUT2D eigenvalue weighted by Gasteiger charge is -2.19. The number of anilines is 2. The quantitative estimate of drug-likeness (QED) is 0.745. The Morgan fingerprint density at radius 2 is 2.05 bits per heavy atom. The van der Waals surface area contributed by atoms with E-state index in [4.69, 9.17) is 5.73 Å². The molecule has 6 heteroatoms. The highest BCUT2D eigenvalue weighted by Crippen LogP contribution is 2.34. The summed E-state index contributed by atoms with van der Waals surface area (Å²) in [6, 6.07) is 2.14. The monoisotopic (exact) mass is 277 g/mol. The molecule has 1 aliphatic carbocycles. The smallest absolute Gasteiger partial charge is 0.222 e. The molecule has 110 valence electrons. The molecule has 4 N–H and O–H groups in total. The third-order valence-corrected chi connectivity index (χ3v) is 4.51. The molecular weight excluding hydrogens is 254 g/mol. The largest absolute Gasteiger partial charge is 0.390 e. The van der Waals surface area contributed by atoms with Gasteiger partial charge in [-0.05, 0) is 19.9 Å². The number of nitrogen functional groups attached to an aromatic ring is 1. The molecule has 2 heterocycles. The van der Waals surface area contributed by atoms with E-state index in [0.29, 0.717) is 18.4 Å². The molecule has 1 aliphatic heterocycles. The Balaban J connectivity index is 1.83. The summed E-state index contributed by atoms with van der Waals surface area (Å²) in [5.74, 6) is 1.70. The first-order chi connectivity index (χ1) is 9.67. The van der Waals surface area contributed by atoms with Gasteiger partial charge in [0.15, 0.2) is 0 Å². The number of hydrogen-bond donors (Lipinski definition) is 3. The molecule has 2 fully saturated rings. The zero-order chi connectivity index (χ0) is 14.1. The highest BCUT2D eigenvalue weighted by atomic mass is 16.3. The van der Waals surface area contributed by atoms with Crippen LogP contribution in [0.15, 0.2) is 6.07 Å². The van der Waals surface area contributed by atoms with E-state index in [2.05, 4.69) is 26.3 Å². The molecule has 3 rings (SSSR count). The van der Waals surface area contributed by atoms with Gasteiger partial charge in [0.05, 0.1) is 17.8 Å². The first kappa shape index (κ1) is 13.6. The predicted octanol–water partition coefficient (Wildman–Crippen LogP) is 0.485. The molecule has 0 spiro atoms. The summed E-state index contributed by atoms with van der Waals surface area (Å²) in [5, 5.41) is 13.1. The second kappa shape index (κ2) is 5.54. The number of nitrogens with zero attached hydrogens (tertiary/aromatic N) is 3. The van der Waals surface area contributed by atoms with Crippen molar-refractivity contribution in [2.24, 2.45) is 0 Å². The van der Waals surface area contributed by atoms with Gasteiger partial charge in [-0.25, -0.2) is 4.98 Å². The van der Waals surface area contributed by atoms with Gasteiger partial charge < -0.3 is 21.1 Å². The van der Waals surface area contributed by atoms with Crippen LogP contribution >= 0.6 is 0 Å². The first-order valence-corrected chi connectivity index (χ1v) is 7.42. The van der Waals surface area contributed by atoms with Crippen LogP contribution in [0.25, 0.3) is 0 Å². The lowest BCUT2D eigenvalue weighted by Crippen LogP contribution is -2.36. The van der Waals surface area contributed by atoms with Crippen LogP contribution in [0.2, 0.25) is 0 Å². The minimum Gasteiger partial charge on any atom is -0.390 e. The molecular formula is C14H23N5O. The molecule has 2 atom stereocenters. The summed E-state index contributed by atoms with van der Waals surface area (Å²) < 4.78 is 0. The van der Waals surface area contributed by atoms with E-state index in [0.717, 1.165) is 18.1 Å². The van der Waals surface area contributed by atoms with Crippen LogP contribution in [0.1, 0.15) is 37.3 Å². The SMILES string of the molecule is CN[C@@H]1CN(c2cc(C3CCCC3)nc(N)n2)C[C@H]1O. The average molecular weight is 277 g/mol. The van der Waals surface area contributed by atoms with Gasteiger partial charge >= 0.3 is 0 Å². The van der Waals surface area contributed by atoms with Crippen molar-refractivity contribution in [3.8, 4) is 0 Å². The van der Waals surface area contributed by atoms with E-state index in [-0.39, 0.29) is 12.1 Å². The average Bonchev–Trinajstić information content (AvgIpc) is 3.07. The number of rotatable bonds is 3. The lowest BCUT2D eigenvalue weighted by molar-refractivity contribution is 0.168. The Hall–Kier alpha value is -1.40. The van der Waals surface area contributed by atoms with Crippen molar-refractivity contribution in [2.45, 2.75) is 43.7 Å². The van der Waals surface area contributed by atoms with Crippen molar-refractivity contribution in [1.82, 2.24) is 15.3 Å². The van der Waals surface area contributed by atoms with Gasteiger partial charge in [-0.15, -0.1) is 0 Å². The molecule has 0 unspecified atom stereocenters. The Kier molecular flexibility index (Phi) is 3.76. The van der Waals surface area contributed by atoms with Crippen LogP contribution in [0, 0.1) is 0 Å². The van der Waals surface area contributed by atoms with Crippen molar-refractivity contribution in [3.63, 3.8) is 0 Å². The number of aliphatic hydroxyl groups excluding tert-OH is 1. The van der Waals surface area contributed by atoms with Gasteiger partial charge in [0.25, 0.3) is 0 Å². The van der Waals surface area contributed by atoms with Crippen LogP contribution in [-0.4, -0.2) is 47.4 Å². The molecule has 1 saturated carbocycles. The number of likely N-dealkylation sites (N-methyl/N-ethyl adjacent to an activating group) is 1. The summed E-state index contributed by atoms with van der Waals surface area (Å²) in [5.41, 5.74) is 6.93. The molecule has 0 radical (unpaired) electrons. The lowest BCUT2D eigenvalue weighted by atomic mass is 10.0. The molecule has 20 heavy (non-hydrogen) atoms. The normalized spacial score (nSPS) is 27.4. The zero-order valence-corrected chi connectivity index (χ0v) is 11.9. The fourth-order valence-electron chi connectivity index (χ4n) is 3.32.